The maximum Gasteiger partial charge on any atom is 0.416 e. The molecule has 0 aliphatic heterocycles. The van der Waals surface area contributed by atoms with E-state index in [4.69, 9.17) is 4.74 Å². The minimum absolute atomic E-state index is 0.130. The van der Waals surface area contributed by atoms with E-state index in [1.165, 1.54) is 30.5 Å². The van der Waals surface area contributed by atoms with Crippen molar-refractivity contribution in [2.45, 2.75) is 6.18 Å². The number of pyridine rings is 1. The monoisotopic (exact) mass is 376 g/mol. The van der Waals surface area contributed by atoms with Gasteiger partial charge in [0.2, 0.25) is 0 Å². The molecule has 0 atom stereocenters. The summed E-state index contributed by atoms with van der Waals surface area (Å²) in [5.74, 6) is -0.778. The van der Waals surface area contributed by atoms with Crippen LogP contribution in [-0.2, 0) is 6.18 Å². The fourth-order valence-electron chi connectivity index (χ4n) is 2.21. The van der Waals surface area contributed by atoms with Gasteiger partial charge in [-0.25, -0.2) is 4.39 Å². The lowest BCUT2D eigenvalue weighted by molar-refractivity contribution is -0.137. The summed E-state index contributed by atoms with van der Waals surface area (Å²) in [5.41, 5.74) is -1.48. The van der Waals surface area contributed by atoms with Crippen LogP contribution >= 0.6 is 0 Å². The van der Waals surface area contributed by atoms with Crippen LogP contribution in [0.1, 0.15) is 15.9 Å². The summed E-state index contributed by atoms with van der Waals surface area (Å²) in [6.45, 7) is 0. The Bertz CT molecular complexity index is 942. The van der Waals surface area contributed by atoms with Gasteiger partial charge in [0.1, 0.15) is 17.3 Å². The Kier molecular flexibility index (Phi) is 5.07. The Morgan fingerprint density at radius 2 is 1.74 bits per heavy atom. The number of hydrogen-bond acceptors (Lipinski definition) is 3. The zero-order valence-electron chi connectivity index (χ0n) is 13.6. The molecule has 1 N–H and O–H groups in total. The van der Waals surface area contributed by atoms with Crippen molar-refractivity contribution in [1.82, 2.24) is 4.98 Å². The molecule has 0 bridgehead atoms. The topological polar surface area (TPSA) is 51.2 Å². The van der Waals surface area contributed by atoms with Crippen molar-refractivity contribution in [3.63, 3.8) is 0 Å². The first-order valence-corrected chi connectivity index (χ1v) is 7.69. The Balaban J connectivity index is 1.73. The van der Waals surface area contributed by atoms with Crippen molar-refractivity contribution in [3.05, 3.63) is 83.9 Å². The van der Waals surface area contributed by atoms with E-state index in [0.29, 0.717) is 29.7 Å². The molecule has 1 aromatic heterocycles. The molecular weight excluding hydrogens is 364 g/mol. The molecule has 1 heterocycles. The van der Waals surface area contributed by atoms with E-state index in [1.807, 2.05) is 0 Å². The van der Waals surface area contributed by atoms with Crippen LogP contribution in [0.5, 0.6) is 11.5 Å². The summed E-state index contributed by atoms with van der Waals surface area (Å²) >= 11 is 0. The van der Waals surface area contributed by atoms with Gasteiger partial charge in [-0.15, -0.1) is 0 Å². The molecule has 4 nitrogen and oxygen atoms in total. The van der Waals surface area contributed by atoms with Gasteiger partial charge in [0.15, 0.2) is 0 Å². The van der Waals surface area contributed by atoms with Crippen LogP contribution in [0.4, 0.5) is 23.2 Å². The predicted octanol–water partition coefficient (Wildman–Crippen LogP) is 5.28. The molecule has 8 heteroatoms. The molecule has 3 aromatic rings. The van der Waals surface area contributed by atoms with Gasteiger partial charge in [0.05, 0.1) is 17.4 Å². The molecule has 0 unspecified atom stereocenters. The maximum atomic E-state index is 13.7. The number of benzene rings is 2. The van der Waals surface area contributed by atoms with Crippen LogP contribution in [0.3, 0.4) is 0 Å². The van der Waals surface area contributed by atoms with Gasteiger partial charge in [-0.3, -0.25) is 9.78 Å². The van der Waals surface area contributed by atoms with Gasteiger partial charge in [-0.2, -0.15) is 13.2 Å². The normalized spacial score (nSPS) is 11.1. The summed E-state index contributed by atoms with van der Waals surface area (Å²) in [4.78, 5) is 16.1. The van der Waals surface area contributed by atoms with E-state index in [-0.39, 0.29) is 5.56 Å². The van der Waals surface area contributed by atoms with Crippen molar-refractivity contribution < 1.29 is 27.1 Å². The first-order valence-electron chi connectivity index (χ1n) is 7.69. The number of aromatic nitrogens is 1. The van der Waals surface area contributed by atoms with E-state index in [1.54, 1.807) is 18.3 Å². The third-order valence-electron chi connectivity index (χ3n) is 3.53. The summed E-state index contributed by atoms with van der Waals surface area (Å²) in [7, 11) is 0. The van der Waals surface area contributed by atoms with Gasteiger partial charge in [-0.1, -0.05) is 0 Å². The molecule has 0 saturated heterocycles. The molecule has 0 fully saturated rings. The lowest BCUT2D eigenvalue weighted by Gasteiger charge is -2.11. The second kappa shape index (κ2) is 7.45. The molecule has 1 amide bonds. The van der Waals surface area contributed by atoms with E-state index >= 15 is 0 Å². The average Bonchev–Trinajstić information content (AvgIpc) is 2.64. The van der Waals surface area contributed by atoms with Crippen LogP contribution in [0.25, 0.3) is 0 Å². The van der Waals surface area contributed by atoms with Crippen molar-refractivity contribution in [2.75, 3.05) is 5.32 Å². The first kappa shape index (κ1) is 18.4. The zero-order chi connectivity index (χ0) is 19.4. The standard InChI is InChI=1S/C19H12F4N2O2/c20-16-8-5-13(19(21,22)23)10-17(16)25-18(26)12-3-6-14(7-4-12)27-15-2-1-9-24-11-15/h1-11H,(H,25,26). The first-order chi connectivity index (χ1) is 12.8. The molecule has 138 valence electrons. The lowest BCUT2D eigenvalue weighted by Crippen LogP contribution is -2.14. The number of rotatable bonds is 4. The third kappa shape index (κ3) is 4.60. The van der Waals surface area contributed by atoms with Gasteiger partial charge in [0.25, 0.3) is 5.91 Å². The Morgan fingerprint density at radius 3 is 2.37 bits per heavy atom. The largest absolute Gasteiger partial charge is 0.456 e. The number of hydrogen-bond donors (Lipinski definition) is 1. The van der Waals surface area contributed by atoms with E-state index in [2.05, 4.69) is 10.3 Å². The molecule has 0 spiro atoms. The van der Waals surface area contributed by atoms with Crippen LogP contribution in [0, 0.1) is 5.82 Å². The maximum absolute atomic E-state index is 13.7. The lowest BCUT2D eigenvalue weighted by atomic mass is 10.1. The summed E-state index contributed by atoms with van der Waals surface area (Å²) in [5, 5.41) is 2.14. The number of carbonyl (C=O) groups is 1. The minimum Gasteiger partial charge on any atom is -0.456 e. The smallest absolute Gasteiger partial charge is 0.416 e. The summed E-state index contributed by atoms with van der Waals surface area (Å²) < 4.78 is 57.4. The number of nitrogens with zero attached hydrogens (tertiary/aromatic N) is 1. The SMILES string of the molecule is O=C(Nc1cc(C(F)(F)F)ccc1F)c1ccc(Oc2cccnc2)cc1. The molecule has 2 aromatic carbocycles. The predicted molar refractivity (Wildman–Crippen MR) is 90.1 cm³/mol. The van der Waals surface area contributed by atoms with Gasteiger partial charge >= 0.3 is 6.18 Å². The number of alkyl halides is 3. The van der Waals surface area contributed by atoms with Crippen molar-refractivity contribution in [3.8, 4) is 11.5 Å². The quantitative estimate of drug-likeness (QED) is 0.630. The second-order valence-corrected chi connectivity index (χ2v) is 5.46. The van der Waals surface area contributed by atoms with Crippen LogP contribution in [-0.4, -0.2) is 10.9 Å². The number of carbonyl (C=O) groups excluding carboxylic acids is 1. The highest BCUT2D eigenvalue weighted by molar-refractivity contribution is 6.04. The highest BCUT2D eigenvalue weighted by Crippen LogP contribution is 2.32. The number of amides is 1. The van der Waals surface area contributed by atoms with Gasteiger partial charge < -0.3 is 10.1 Å². The van der Waals surface area contributed by atoms with Crippen LogP contribution in [0.15, 0.2) is 67.0 Å². The summed E-state index contributed by atoms with van der Waals surface area (Å²) in [6, 6.07) is 11.0. The summed E-state index contributed by atoms with van der Waals surface area (Å²) in [6.07, 6.45) is -1.54. The van der Waals surface area contributed by atoms with E-state index < -0.39 is 29.2 Å². The third-order valence-corrected chi connectivity index (χ3v) is 3.53. The molecule has 0 aliphatic carbocycles. The van der Waals surface area contributed by atoms with Crippen molar-refractivity contribution in [1.29, 1.82) is 0 Å². The van der Waals surface area contributed by atoms with Crippen molar-refractivity contribution >= 4 is 11.6 Å². The highest BCUT2D eigenvalue weighted by Gasteiger charge is 2.31. The van der Waals surface area contributed by atoms with Gasteiger partial charge in [-0.05, 0) is 54.6 Å². The van der Waals surface area contributed by atoms with Gasteiger partial charge in [0, 0.05) is 11.8 Å². The molecule has 27 heavy (non-hydrogen) atoms. The Labute approximate surface area is 151 Å². The highest BCUT2D eigenvalue weighted by atomic mass is 19.4. The number of nitrogens with one attached hydrogen (secondary N) is 1. The number of ether oxygens (including phenoxy) is 1. The molecule has 3 rings (SSSR count). The molecular formula is C19H12F4N2O2. The fourth-order valence-corrected chi connectivity index (χ4v) is 2.21. The van der Waals surface area contributed by atoms with Crippen LogP contribution in [0.2, 0.25) is 0 Å². The van der Waals surface area contributed by atoms with Crippen LogP contribution < -0.4 is 10.1 Å². The number of halogens is 4. The second-order valence-electron chi connectivity index (χ2n) is 5.46. The van der Waals surface area contributed by atoms with E-state index in [0.717, 1.165) is 0 Å². The molecule has 0 saturated carbocycles. The fraction of sp³-hybridized carbons (Fsp3) is 0.0526. The Morgan fingerprint density at radius 1 is 1.00 bits per heavy atom. The van der Waals surface area contributed by atoms with E-state index in [9.17, 15) is 22.4 Å². The zero-order valence-corrected chi connectivity index (χ0v) is 13.6. The minimum atomic E-state index is -4.64. The van der Waals surface area contributed by atoms with Crippen molar-refractivity contribution in [2.24, 2.45) is 0 Å². The Hall–Kier alpha value is -3.42. The average molecular weight is 376 g/mol. The molecule has 0 radical (unpaired) electrons. The number of anilines is 1. The molecule has 0 aliphatic rings.